The second kappa shape index (κ2) is 44.4. The Labute approximate surface area is 877 Å². The zero-order valence-corrected chi connectivity index (χ0v) is 84.3. The van der Waals surface area contributed by atoms with Crippen molar-refractivity contribution in [3.05, 3.63) is 540 Å². The fourth-order valence-corrected chi connectivity index (χ4v) is 19.9. The molecule has 19 aromatic carbocycles. The molecule has 0 spiro atoms. The molecule has 22 aromatic rings. The monoisotopic (exact) mass is 2000 g/mol. The molecule has 0 unspecified atom stereocenters. The minimum Gasteiger partial charge on any atom is -0.423 e. The van der Waals surface area contributed by atoms with Gasteiger partial charge in [-0.25, -0.2) is 29.9 Å². The van der Waals surface area contributed by atoms with Gasteiger partial charge in [-0.1, -0.05) is 491 Å². The van der Waals surface area contributed by atoms with E-state index in [4.69, 9.17) is 63.2 Å². The van der Waals surface area contributed by atoms with Crippen molar-refractivity contribution in [3.63, 3.8) is 0 Å². The lowest BCUT2D eigenvalue weighted by molar-refractivity contribution is 0.424. The normalized spacial score (nSPS) is 11.9. The van der Waals surface area contributed by atoms with E-state index in [1.165, 1.54) is 95.1 Å². The van der Waals surface area contributed by atoms with Gasteiger partial charge in [0.1, 0.15) is 0 Å². The second-order valence-corrected chi connectivity index (χ2v) is 39.1. The van der Waals surface area contributed by atoms with Gasteiger partial charge in [-0.3, -0.25) is 0 Å². The lowest BCUT2D eigenvalue weighted by Gasteiger charge is -2.22. The molecule has 147 heavy (non-hydrogen) atoms. The van der Waals surface area contributed by atoms with Crippen LogP contribution >= 0.6 is 39.1 Å². The predicted octanol–water partition coefficient (Wildman–Crippen LogP) is 31.8. The van der Waals surface area contributed by atoms with Gasteiger partial charge < -0.3 is 20.1 Å². The molecule has 15 heteroatoms. The van der Waals surface area contributed by atoms with E-state index in [2.05, 4.69) is 365 Å². The summed E-state index contributed by atoms with van der Waals surface area (Å²) in [5.74, 6) is 2.14. The van der Waals surface area contributed by atoms with Crippen molar-refractivity contribution in [2.75, 3.05) is 0 Å². The maximum Gasteiger partial charge on any atom is 0.488 e. The summed E-state index contributed by atoms with van der Waals surface area (Å²) in [6.45, 7) is 9.02. The van der Waals surface area contributed by atoms with Crippen LogP contribution in [0.2, 0.25) is 10.0 Å². The Balaban J connectivity index is 0.000000121. The van der Waals surface area contributed by atoms with Crippen LogP contribution in [0.15, 0.2) is 508 Å². The Hall–Kier alpha value is -16.6. The molecule has 708 valence electrons. The average molecular weight is 2010 g/mol. The van der Waals surface area contributed by atoms with Gasteiger partial charge in [0.05, 0.1) is 34.2 Å². The molecule has 0 aliphatic heterocycles. The molecule has 2 aliphatic rings. The fraction of sp³-hybridized carbons (Fsp3) is 0.0455. The number of hydrogen-bond acceptors (Lipinski definition) is 10. The van der Waals surface area contributed by atoms with Gasteiger partial charge in [-0.15, -0.1) is 0 Å². The summed E-state index contributed by atoms with van der Waals surface area (Å²) in [5, 5.41) is 37.1. The molecule has 3 heterocycles. The van der Waals surface area contributed by atoms with Gasteiger partial charge in [0.15, 0.2) is 17.5 Å². The zero-order chi connectivity index (χ0) is 101. The number of fused-ring (bicyclic) bond motifs is 6. The molecule has 4 N–H and O–H groups in total. The van der Waals surface area contributed by atoms with E-state index in [0.29, 0.717) is 27.6 Å². The number of nitrogens with zero attached hydrogens (tertiary/aromatic N) is 6. The maximum absolute atomic E-state index is 9.30. The summed E-state index contributed by atoms with van der Waals surface area (Å²) >= 11 is 15.4. The Bertz CT molecular complexity index is 8430. The smallest absolute Gasteiger partial charge is 0.423 e. The van der Waals surface area contributed by atoms with Crippen molar-refractivity contribution in [1.82, 2.24) is 29.9 Å². The standard InChI is InChI=1S/C49H36N2.C34H23ClN2.C28H19BrN2.C15H15BO2.C6H6BClO2/c1-49(2)44-22-10-9-21-42(44)43-28-27-40(31-45(43)49)38-18-11-17-37(29-38)39-19-12-20-41(30-39)47-32-46(50-48(51-47)36-15-7-4-8-16-36)35-25-23-34(24-26-35)33-13-5-3-6-14-33;35-31-16-8-14-29(22-31)28-13-7-15-30(21-28)33-23-32(36-34(37-33)27-11-5-2-6-12-27)26-19-17-25(18-20-26)24-9-3-1-4-10-24;29-25-13-7-12-24(18-25)27-19-26(30-28(31-27)23-10-5-2-6-11-23)22-16-14-21(15-17-22)20-8-3-1-4-9-20;1-15(2)13-6-4-3-5-11(13)12-8-7-10(16(17)18)9-14(12)15;8-6-3-1-2-5(4-6)7(9)10/h3-32H,1-2H3;1-23H;1-19H;3-9,17-18H,1-2H3;1-4,9-10H. The van der Waals surface area contributed by atoms with Crippen molar-refractivity contribution in [2.24, 2.45) is 0 Å². The summed E-state index contributed by atoms with van der Waals surface area (Å²) in [6, 6.07) is 172. The molecule has 3 aromatic heterocycles. The summed E-state index contributed by atoms with van der Waals surface area (Å²) in [4.78, 5) is 29.9. The number of halogens is 3. The Morgan fingerprint density at radius 2 is 0.422 bits per heavy atom. The summed E-state index contributed by atoms with van der Waals surface area (Å²) in [5.41, 5.74) is 39.9. The number of aromatic nitrogens is 6. The van der Waals surface area contributed by atoms with E-state index in [0.717, 1.165) is 122 Å². The SMILES string of the molecule is Brc1cccc(-c2cc(-c3ccc(-c4ccccc4)cc3)nc(-c3ccccc3)n2)c1.CC1(C)c2ccccc2-c2ccc(-c3cccc(-c4cccc(-c5cc(-c6ccc(-c7ccccc7)cc6)nc(-c6ccccc6)n5)c4)c3)cc21.CC1(C)c2ccccc2-c2ccc(B(O)O)cc21.Clc1cccc(-c2cccc(-c3cc(-c4ccc(-c5ccccc5)cc4)nc(-c4ccccc4)n3)c2)c1.OB(O)c1cccc(Cl)c1. The molecule has 24 rings (SSSR count). The van der Waals surface area contributed by atoms with Gasteiger partial charge in [0, 0.05) is 75.4 Å². The minimum atomic E-state index is -1.43. The first kappa shape index (κ1) is 97.9. The molecule has 0 saturated heterocycles. The quantitative estimate of drug-likeness (QED) is 0.0647. The summed E-state index contributed by atoms with van der Waals surface area (Å²) in [7, 11) is -2.84. The van der Waals surface area contributed by atoms with E-state index in [9.17, 15) is 10.0 Å². The molecular weight excluding hydrogens is 1910 g/mol. The number of benzene rings is 19. The fourth-order valence-electron chi connectivity index (χ4n) is 19.1. The molecule has 0 fully saturated rings. The molecule has 0 radical (unpaired) electrons. The van der Waals surface area contributed by atoms with Crippen LogP contribution in [0.3, 0.4) is 0 Å². The highest BCUT2D eigenvalue weighted by Crippen LogP contribution is 2.51. The molecule has 2 aliphatic carbocycles. The highest BCUT2D eigenvalue weighted by atomic mass is 79.9. The van der Waals surface area contributed by atoms with Crippen molar-refractivity contribution in [3.8, 4) is 191 Å². The minimum absolute atomic E-state index is 0.0349. The molecule has 0 atom stereocenters. The number of rotatable bonds is 17. The highest BCUT2D eigenvalue weighted by molar-refractivity contribution is 9.10. The van der Waals surface area contributed by atoms with Gasteiger partial charge in [0.2, 0.25) is 0 Å². The van der Waals surface area contributed by atoms with E-state index in [-0.39, 0.29) is 10.8 Å². The van der Waals surface area contributed by atoms with Crippen LogP contribution < -0.4 is 10.9 Å². The maximum atomic E-state index is 9.30. The van der Waals surface area contributed by atoms with E-state index >= 15 is 0 Å². The lowest BCUT2D eigenvalue weighted by Crippen LogP contribution is -2.31. The molecule has 0 amide bonds. The van der Waals surface area contributed by atoms with Crippen molar-refractivity contribution in [1.29, 1.82) is 0 Å². The van der Waals surface area contributed by atoms with Crippen molar-refractivity contribution in [2.45, 2.75) is 38.5 Å². The highest BCUT2D eigenvalue weighted by Gasteiger charge is 2.37. The van der Waals surface area contributed by atoms with E-state index < -0.39 is 14.2 Å². The average Bonchev–Trinajstić information content (AvgIpc) is 1.58. The van der Waals surface area contributed by atoms with Crippen LogP contribution in [0.4, 0.5) is 0 Å². The van der Waals surface area contributed by atoms with Crippen molar-refractivity contribution >= 4 is 64.3 Å². The Kier molecular flexibility index (Phi) is 29.5. The lowest BCUT2D eigenvalue weighted by atomic mass is 9.75. The van der Waals surface area contributed by atoms with Crippen LogP contribution in [0.1, 0.15) is 49.9 Å². The first-order chi connectivity index (χ1) is 71.7. The van der Waals surface area contributed by atoms with Crippen LogP contribution in [0.5, 0.6) is 0 Å². The Morgan fingerprint density at radius 3 is 0.769 bits per heavy atom. The third-order valence-corrected chi connectivity index (χ3v) is 27.9. The molecule has 0 saturated carbocycles. The first-order valence-electron chi connectivity index (χ1n) is 48.8. The topological polar surface area (TPSA) is 158 Å². The van der Waals surface area contributed by atoms with E-state index in [1.807, 2.05) is 152 Å². The van der Waals surface area contributed by atoms with Crippen LogP contribution in [0.25, 0.3) is 191 Å². The van der Waals surface area contributed by atoms with E-state index in [1.54, 1.807) is 24.3 Å². The van der Waals surface area contributed by atoms with Gasteiger partial charge in [-0.2, -0.15) is 0 Å². The zero-order valence-electron chi connectivity index (χ0n) is 81.2. The predicted molar refractivity (Wildman–Crippen MR) is 613 cm³/mol. The second-order valence-electron chi connectivity index (χ2n) is 37.3. The third kappa shape index (κ3) is 22.5. The van der Waals surface area contributed by atoms with Gasteiger partial charge in [0.25, 0.3) is 0 Å². The molecule has 10 nitrogen and oxygen atoms in total. The largest absolute Gasteiger partial charge is 0.488 e. The summed E-state index contributed by atoms with van der Waals surface area (Å²) in [6.07, 6.45) is 0. The molecule has 0 bridgehead atoms. The van der Waals surface area contributed by atoms with Gasteiger partial charge in [-0.05, 0) is 201 Å². The van der Waals surface area contributed by atoms with Crippen LogP contribution in [-0.2, 0) is 10.8 Å². The van der Waals surface area contributed by atoms with Crippen molar-refractivity contribution < 1.29 is 20.1 Å². The Morgan fingerprint density at radius 1 is 0.184 bits per heavy atom. The van der Waals surface area contributed by atoms with Gasteiger partial charge >= 0.3 is 14.2 Å². The third-order valence-electron chi connectivity index (χ3n) is 26.9. The number of hydrogen-bond donors (Lipinski definition) is 4. The molecular formula is C132H99B2BrCl2N6O4. The first-order valence-corrected chi connectivity index (χ1v) is 50.4. The van der Waals surface area contributed by atoms with Crippen LogP contribution in [-0.4, -0.2) is 64.2 Å². The summed E-state index contributed by atoms with van der Waals surface area (Å²) < 4.78 is 1.03. The van der Waals surface area contributed by atoms with Crippen LogP contribution in [0, 0.1) is 0 Å².